The second-order valence-electron chi connectivity index (χ2n) is 4.42. The molecular weight excluding hydrogens is 148 g/mol. The molecular formula is C10H20N2. The highest BCUT2D eigenvalue weighted by molar-refractivity contribution is 4.85. The molecule has 70 valence electrons. The molecule has 1 aliphatic heterocycles. The molecule has 2 aliphatic rings. The minimum Gasteiger partial charge on any atom is -0.315 e. The van der Waals surface area contributed by atoms with E-state index in [0.717, 1.165) is 17.9 Å². The summed E-state index contributed by atoms with van der Waals surface area (Å²) >= 11 is 0. The Bertz CT molecular complexity index is 141. The molecule has 0 radical (unpaired) electrons. The van der Waals surface area contributed by atoms with Gasteiger partial charge in [-0.05, 0) is 44.2 Å². The maximum absolute atomic E-state index is 3.56. The summed E-state index contributed by atoms with van der Waals surface area (Å²) in [6.45, 7) is 6.01. The highest BCUT2D eigenvalue weighted by Crippen LogP contribution is 2.36. The van der Waals surface area contributed by atoms with Crippen LogP contribution in [0.2, 0.25) is 0 Å². The molecule has 2 heteroatoms. The molecule has 3 unspecified atom stereocenters. The van der Waals surface area contributed by atoms with Crippen LogP contribution in [-0.4, -0.2) is 25.7 Å². The van der Waals surface area contributed by atoms with Gasteiger partial charge in [0.05, 0.1) is 0 Å². The van der Waals surface area contributed by atoms with Crippen molar-refractivity contribution < 1.29 is 0 Å². The molecule has 1 heterocycles. The predicted molar refractivity (Wildman–Crippen MR) is 51.2 cm³/mol. The molecule has 3 atom stereocenters. The third-order valence-corrected chi connectivity index (χ3v) is 3.24. The Morgan fingerprint density at radius 3 is 2.83 bits per heavy atom. The molecule has 2 rings (SSSR count). The fraction of sp³-hybridized carbons (Fsp3) is 1.00. The summed E-state index contributed by atoms with van der Waals surface area (Å²) in [5, 5.41) is 7.06. The Balaban J connectivity index is 1.51. The smallest absolute Gasteiger partial charge is 0.0192 e. The normalized spacial score (nSPS) is 40.2. The maximum atomic E-state index is 3.56. The van der Waals surface area contributed by atoms with Gasteiger partial charge in [-0.3, -0.25) is 0 Å². The second-order valence-corrected chi connectivity index (χ2v) is 4.42. The minimum atomic E-state index is 0.763. The molecule has 0 bridgehead atoms. The standard InChI is InChI=1S/C10H20N2/c1-8-5-9(8)6-11-7-10-3-2-4-12-10/h8-12H,2-7H2,1H3. The van der Waals surface area contributed by atoms with Crippen LogP contribution in [-0.2, 0) is 0 Å². The molecule has 0 aromatic heterocycles. The lowest BCUT2D eigenvalue weighted by Crippen LogP contribution is -2.34. The monoisotopic (exact) mass is 168 g/mol. The molecule has 1 saturated carbocycles. The van der Waals surface area contributed by atoms with E-state index in [4.69, 9.17) is 0 Å². The lowest BCUT2D eigenvalue weighted by molar-refractivity contribution is 0.516. The van der Waals surface area contributed by atoms with Crippen LogP contribution in [0.3, 0.4) is 0 Å². The molecule has 0 amide bonds. The van der Waals surface area contributed by atoms with E-state index in [1.54, 1.807) is 0 Å². The average molecular weight is 168 g/mol. The van der Waals surface area contributed by atoms with E-state index in [9.17, 15) is 0 Å². The SMILES string of the molecule is CC1CC1CNCC1CCCN1. The summed E-state index contributed by atoms with van der Waals surface area (Å²) in [6.07, 6.45) is 4.19. The number of hydrogen-bond donors (Lipinski definition) is 2. The van der Waals surface area contributed by atoms with Gasteiger partial charge in [0.1, 0.15) is 0 Å². The van der Waals surface area contributed by atoms with Gasteiger partial charge in [0.25, 0.3) is 0 Å². The van der Waals surface area contributed by atoms with Gasteiger partial charge in [0.2, 0.25) is 0 Å². The van der Waals surface area contributed by atoms with E-state index in [1.165, 1.54) is 38.9 Å². The van der Waals surface area contributed by atoms with Crippen LogP contribution in [0.15, 0.2) is 0 Å². The van der Waals surface area contributed by atoms with E-state index in [-0.39, 0.29) is 0 Å². The molecule has 2 nitrogen and oxygen atoms in total. The Hall–Kier alpha value is -0.0800. The van der Waals surface area contributed by atoms with Gasteiger partial charge in [-0.15, -0.1) is 0 Å². The van der Waals surface area contributed by atoms with Crippen LogP contribution in [0, 0.1) is 11.8 Å². The van der Waals surface area contributed by atoms with Crippen molar-refractivity contribution in [3.05, 3.63) is 0 Å². The first-order valence-electron chi connectivity index (χ1n) is 5.30. The van der Waals surface area contributed by atoms with Gasteiger partial charge in [-0.1, -0.05) is 6.92 Å². The van der Waals surface area contributed by atoms with Crippen LogP contribution >= 0.6 is 0 Å². The van der Waals surface area contributed by atoms with Gasteiger partial charge in [-0.2, -0.15) is 0 Å². The van der Waals surface area contributed by atoms with Crippen LogP contribution in [0.5, 0.6) is 0 Å². The number of nitrogens with one attached hydrogen (secondary N) is 2. The van der Waals surface area contributed by atoms with Crippen molar-refractivity contribution >= 4 is 0 Å². The molecule has 0 spiro atoms. The quantitative estimate of drug-likeness (QED) is 0.654. The van der Waals surface area contributed by atoms with Crippen molar-refractivity contribution in [3.8, 4) is 0 Å². The van der Waals surface area contributed by atoms with Crippen molar-refractivity contribution in [3.63, 3.8) is 0 Å². The molecule has 0 aromatic rings. The molecule has 1 saturated heterocycles. The summed E-state index contributed by atoms with van der Waals surface area (Å²) in [7, 11) is 0. The predicted octanol–water partition coefficient (Wildman–Crippen LogP) is 0.984. The van der Waals surface area contributed by atoms with Crippen molar-refractivity contribution in [2.45, 2.75) is 32.2 Å². The van der Waals surface area contributed by atoms with E-state index < -0.39 is 0 Å². The van der Waals surface area contributed by atoms with Crippen LogP contribution in [0.4, 0.5) is 0 Å². The van der Waals surface area contributed by atoms with Crippen molar-refractivity contribution in [1.82, 2.24) is 10.6 Å². The van der Waals surface area contributed by atoms with Crippen molar-refractivity contribution in [2.24, 2.45) is 11.8 Å². The summed E-state index contributed by atoms with van der Waals surface area (Å²) in [5.41, 5.74) is 0. The molecule has 0 aromatic carbocycles. The van der Waals surface area contributed by atoms with Gasteiger partial charge < -0.3 is 10.6 Å². The van der Waals surface area contributed by atoms with Crippen LogP contribution in [0.1, 0.15) is 26.2 Å². The Morgan fingerprint density at radius 2 is 2.25 bits per heavy atom. The van der Waals surface area contributed by atoms with E-state index in [1.807, 2.05) is 0 Å². The van der Waals surface area contributed by atoms with E-state index in [0.29, 0.717) is 0 Å². The maximum Gasteiger partial charge on any atom is 0.0192 e. The lowest BCUT2D eigenvalue weighted by atomic mass is 10.2. The Kier molecular flexibility index (Phi) is 2.66. The average Bonchev–Trinajstić information content (AvgIpc) is 2.58. The summed E-state index contributed by atoms with van der Waals surface area (Å²) in [4.78, 5) is 0. The first kappa shape index (κ1) is 8.52. The zero-order chi connectivity index (χ0) is 8.39. The highest BCUT2D eigenvalue weighted by atomic mass is 15.0. The van der Waals surface area contributed by atoms with Gasteiger partial charge in [-0.25, -0.2) is 0 Å². The van der Waals surface area contributed by atoms with Crippen molar-refractivity contribution in [1.29, 1.82) is 0 Å². The molecule has 12 heavy (non-hydrogen) atoms. The van der Waals surface area contributed by atoms with Crippen LogP contribution in [0.25, 0.3) is 0 Å². The van der Waals surface area contributed by atoms with Crippen molar-refractivity contribution in [2.75, 3.05) is 19.6 Å². The largest absolute Gasteiger partial charge is 0.315 e. The van der Waals surface area contributed by atoms with Gasteiger partial charge >= 0.3 is 0 Å². The fourth-order valence-corrected chi connectivity index (χ4v) is 2.06. The highest BCUT2D eigenvalue weighted by Gasteiger charge is 2.31. The summed E-state index contributed by atoms with van der Waals surface area (Å²) < 4.78 is 0. The summed E-state index contributed by atoms with van der Waals surface area (Å²) in [6, 6.07) is 0.763. The first-order chi connectivity index (χ1) is 5.86. The summed E-state index contributed by atoms with van der Waals surface area (Å²) in [5.74, 6) is 1.99. The third kappa shape index (κ3) is 2.20. The minimum absolute atomic E-state index is 0.763. The Morgan fingerprint density at radius 1 is 1.42 bits per heavy atom. The zero-order valence-electron chi connectivity index (χ0n) is 7.97. The lowest BCUT2D eigenvalue weighted by Gasteiger charge is -2.10. The third-order valence-electron chi connectivity index (χ3n) is 3.24. The molecule has 1 aliphatic carbocycles. The molecule has 2 N–H and O–H groups in total. The second kappa shape index (κ2) is 3.75. The molecule has 2 fully saturated rings. The van der Waals surface area contributed by atoms with Gasteiger partial charge in [0, 0.05) is 12.6 Å². The van der Waals surface area contributed by atoms with Gasteiger partial charge in [0.15, 0.2) is 0 Å². The topological polar surface area (TPSA) is 24.1 Å². The first-order valence-corrected chi connectivity index (χ1v) is 5.30. The van der Waals surface area contributed by atoms with E-state index in [2.05, 4.69) is 17.6 Å². The fourth-order valence-electron chi connectivity index (χ4n) is 2.06. The Labute approximate surface area is 75.1 Å². The van der Waals surface area contributed by atoms with E-state index >= 15 is 0 Å². The number of hydrogen-bond acceptors (Lipinski definition) is 2. The number of rotatable bonds is 4. The zero-order valence-corrected chi connectivity index (χ0v) is 7.97. The van der Waals surface area contributed by atoms with Crippen LogP contribution < -0.4 is 10.6 Å².